The average Bonchev–Trinajstić information content (AvgIpc) is 3.42. The second-order valence-corrected chi connectivity index (χ2v) is 8.14. The first kappa shape index (κ1) is 33.7. The number of nitrogens with zero attached hydrogens (tertiary/aromatic N) is 3. The molecule has 0 aliphatic carbocycles. The first-order chi connectivity index (χ1) is 19.4. The van der Waals surface area contributed by atoms with Crippen LogP contribution in [0.15, 0.2) is 24.3 Å². The first-order valence-corrected chi connectivity index (χ1v) is 12.2. The van der Waals surface area contributed by atoms with Crippen LogP contribution in [-0.4, -0.2) is 97.3 Å². The Morgan fingerprint density at radius 1 is 0.976 bits per heavy atom. The van der Waals surface area contributed by atoms with Gasteiger partial charge < -0.3 is 40.4 Å². The molecule has 2 heterocycles. The van der Waals surface area contributed by atoms with Crippen LogP contribution in [0.25, 0.3) is 11.4 Å². The van der Waals surface area contributed by atoms with Crippen molar-refractivity contribution < 1.29 is 55.2 Å². The van der Waals surface area contributed by atoms with Crippen LogP contribution in [0.5, 0.6) is 5.75 Å². The van der Waals surface area contributed by atoms with E-state index in [2.05, 4.69) is 30.3 Å². The highest BCUT2D eigenvalue weighted by atomic mass is 19.4. The molecule has 5 N–H and O–H groups in total. The minimum Gasteiger partial charge on any atom is -0.475 e. The van der Waals surface area contributed by atoms with E-state index in [-0.39, 0.29) is 11.9 Å². The number of benzene rings is 1. The number of ether oxygens (including phenoxy) is 4. The van der Waals surface area contributed by atoms with Crippen molar-refractivity contribution in [3.05, 3.63) is 24.3 Å². The number of carboxylic acids is 1. The van der Waals surface area contributed by atoms with Gasteiger partial charge in [0.25, 0.3) is 0 Å². The maximum atomic E-state index is 12.4. The molecule has 1 unspecified atom stereocenters. The molecule has 0 saturated carbocycles. The Hall–Kier alpha value is -3.48. The van der Waals surface area contributed by atoms with Gasteiger partial charge in [-0.1, -0.05) is 0 Å². The van der Waals surface area contributed by atoms with E-state index in [1.165, 1.54) is 24.3 Å². The van der Waals surface area contributed by atoms with Crippen LogP contribution in [0.1, 0.15) is 12.8 Å². The number of nitrogens with one attached hydrogen (secondary N) is 2. The van der Waals surface area contributed by atoms with Gasteiger partial charge in [-0.25, -0.2) is 4.79 Å². The average molecular weight is 601 g/mol. The lowest BCUT2D eigenvalue weighted by Gasteiger charge is -2.13. The van der Waals surface area contributed by atoms with Crippen molar-refractivity contribution in [1.82, 2.24) is 15.0 Å². The van der Waals surface area contributed by atoms with Crippen molar-refractivity contribution >= 4 is 17.9 Å². The monoisotopic (exact) mass is 600 g/mol. The van der Waals surface area contributed by atoms with Gasteiger partial charge in [0, 0.05) is 31.8 Å². The van der Waals surface area contributed by atoms with Gasteiger partial charge in [0.1, 0.15) is 5.75 Å². The van der Waals surface area contributed by atoms with Crippen molar-refractivity contribution in [3.63, 3.8) is 0 Å². The van der Waals surface area contributed by atoms with Crippen LogP contribution >= 0.6 is 0 Å². The number of carbonyl (C=O) groups is 1. The summed E-state index contributed by atoms with van der Waals surface area (Å²) in [4.78, 5) is 22.1. The van der Waals surface area contributed by atoms with Crippen molar-refractivity contribution in [2.45, 2.75) is 31.5 Å². The van der Waals surface area contributed by atoms with E-state index >= 15 is 0 Å². The van der Waals surface area contributed by atoms with Gasteiger partial charge in [-0.3, -0.25) is 0 Å². The molecule has 0 radical (unpaired) electrons. The fourth-order valence-electron chi connectivity index (χ4n) is 3.12. The van der Waals surface area contributed by atoms with Gasteiger partial charge in [-0.2, -0.15) is 28.1 Å². The molecule has 230 valence electrons. The molecule has 1 fully saturated rings. The number of rotatable bonds is 14. The minimum absolute atomic E-state index is 0.0744. The number of aromatic nitrogens is 3. The van der Waals surface area contributed by atoms with Gasteiger partial charge in [0.2, 0.25) is 11.9 Å². The van der Waals surface area contributed by atoms with E-state index in [1.807, 2.05) is 0 Å². The van der Waals surface area contributed by atoms with Crippen LogP contribution < -0.4 is 21.1 Å². The Balaban J connectivity index is 0.000000745. The first-order valence-electron chi connectivity index (χ1n) is 12.2. The third kappa shape index (κ3) is 14.1. The highest BCUT2D eigenvalue weighted by Gasteiger charge is 2.38. The number of alkyl halides is 6. The van der Waals surface area contributed by atoms with E-state index in [0.717, 1.165) is 19.4 Å². The second-order valence-electron chi connectivity index (χ2n) is 8.14. The summed E-state index contributed by atoms with van der Waals surface area (Å²) >= 11 is 0. The summed E-state index contributed by atoms with van der Waals surface area (Å²) in [7, 11) is 0. The summed E-state index contributed by atoms with van der Waals surface area (Å²) in [5.74, 6) is -2.16. The van der Waals surface area contributed by atoms with E-state index < -0.39 is 18.5 Å². The predicted molar refractivity (Wildman–Crippen MR) is 132 cm³/mol. The highest BCUT2D eigenvalue weighted by Crippen LogP contribution is 2.26. The van der Waals surface area contributed by atoms with Crippen molar-refractivity contribution in [2.24, 2.45) is 5.73 Å². The molecular formula is C23H30F6N6O6. The topological polar surface area (TPSA) is 163 Å². The third-order valence-electron chi connectivity index (χ3n) is 4.90. The predicted octanol–water partition coefficient (Wildman–Crippen LogP) is 3.07. The molecule has 1 atom stereocenters. The molecular weight excluding hydrogens is 570 g/mol. The molecule has 1 aromatic heterocycles. The number of hydrogen-bond acceptors (Lipinski definition) is 11. The van der Waals surface area contributed by atoms with Gasteiger partial charge in [0.15, 0.2) is 5.82 Å². The molecule has 1 aromatic carbocycles. The normalized spacial score (nSPS) is 15.1. The summed E-state index contributed by atoms with van der Waals surface area (Å²) in [5, 5.41) is 13.4. The summed E-state index contributed by atoms with van der Waals surface area (Å²) < 4.78 is 89.3. The Bertz CT molecular complexity index is 1050. The number of nitrogens with two attached hydrogens (primary N) is 1. The fraction of sp³-hybridized carbons (Fsp3) is 0.565. The molecule has 18 heteroatoms. The molecule has 1 aliphatic heterocycles. The summed E-state index contributed by atoms with van der Waals surface area (Å²) in [6, 6.07) is 5.32. The van der Waals surface area contributed by atoms with Crippen molar-refractivity contribution in [3.8, 4) is 17.1 Å². The fourth-order valence-corrected chi connectivity index (χ4v) is 3.12. The Morgan fingerprint density at radius 2 is 1.59 bits per heavy atom. The Kier molecular flexibility index (Phi) is 13.7. The van der Waals surface area contributed by atoms with Crippen LogP contribution in [0, 0.1) is 0 Å². The van der Waals surface area contributed by atoms with Gasteiger partial charge in [-0.05, 0) is 37.1 Å². The van der Waals surface area contributed by atoms with E-state index in [0.29, 0.717) is 69.3 Å². The lowest BCUT2D eigenvalue weighted by atomic mass is 10.2. The SMILES string of the molecule is NCCOCCOCCNc1nc(NCC2CCCO2)nc(-c2ccc(OC(F)(F)F)cc2)n1.O=C(O)C(F)(F)F. The van der Waals surface area contributed by atoms with E-state index in [9.17, 15) is 26.3 Å². The van der Waals surface area contributed by atoms with Crippen molar-refractivity contribution in [1.29, 1.82) is 0 Å². The molecule has 0 bridgehead atoms. The van der Waals surface area contributed by atoms with Crippen molar-refractivity contribution in [2.75, 3.05) is 63.3 Å². The smallest absolute Gasteiger partial charge is 0.475 e. The van der Waals surface area contributed by atoms with Gasteiger partial charge in [0.05, 0.1) is 32.5 Å². The lowest BCUT2D eigenvalue weighted by molar-refractivity contribution is -0.274. The van der Waals surface area contributed by atoms with E-state index in [4.69, 9.17) is 29.8 Å². The minimum atomic E-state index is -5.08. The number of hydrogen-bond donors (Lipinski definition) is 4. The largest absolute Gasteiger partial charge is 0.573 e. The Labute approximate surface area is 230 Å². The van der Waals surface area contributed by atoms with Crippen LogP contribution in [0.4, 0.5) is 38.2 Å². The quantitative estimate of drug-likeness (QED) is 0.185. The standard InChI is InChI=1S/C21H29F3N6O4.C2HF3O2/c22-21(23,24)34-16-5-3-15(4-6-16)18-28-19(26-8-11-32-13-12-31-10-7-25)30-20(29-18)27-14-17-2-1-9-33-17;3-2(4,5)1(6)7/h3-6,17H,1-2,7-14,25H2,(H2,26,27,28,29,30);(H,6,7). The summed E-state index contributed by atoms with van der Waals surface area (Å²) in [5.41, 5.74) is 5.86. The summed E-state index contributed by atoms with van der Waals surface area (Å²) in [6.07, 6.45) is -7.82. The highest BCUT2D eigenvalue weighted by molar-refractivity contribution is 5.73. The molecule has 0 spiro atoms. The zero-order chi connectivity index (χ0) is 30.3. The molecule has 1 aliphatic rings. The number of aliphatic carboxylic acids is 1. The third-order valence-corrected chi connectivity index (χ3v) is 4.90. The Morgan fingerprint density at radius 3 is 2.12 bits per heavy atom. The van der Waals surface area contributed by atoms with Crippen LogP contribution in [-0.2, 0) is 19.0 Å². The zero-order valence-electron chi connectivity index (χ0n) is 21.6. The lowest BCUT2D eigenvalue weighted by Crippen LogP contribution is -2.21. The van der Waals surface area contributed by atoms with Gasteiger partial charge in [-0.15, -0.1) is 13.2 Å². The maximum absolute atomic E-state index is 12.4. The molecule has 3 rings (SSSR count). The zero-order valence-corrected chi connectivity index (χ0v) is 21.6. The molecule has 0 amide bonds. The second kappa shape index (κ2) is 16.7. The number of carboxylic acid groups (broad SMARTS) is 1. The number of anilines is 2. The van der Waals surface area contributed by atoms with Crippen LogP contribution in [0.2, 0.25) is 0 Å². The molecule has 1 saturated heterocycles. The van der Waals surface area contributed by atoms with Crippen LogP contribution in [0.3, 0.4) is 0 Å². The van der Waals surface area contributed by atoms with E-state index in [1.54, 1.807) is 0 Å². The van der Waals surface area contributed by atoms with Gasteiger partial charge >= 0.3 is 18.5 Å². The number of halogens is 6. The molecule has 2 aromatic rings. The summed E-state index contributed by atoms with van der Waals surface area (Å²) in [6.45, 7) is 3.94. The molecule has 41 heavy (non-hydrogen) atoms. The molecule has 12 nitrogen and oxygen atoms in total. The maximum Gasteiger partial charge on any atom is 0.573 e.